The van der Waals surface area contributed by atoms with Crippen molar-refractivity contribution in [2.24, 2.45) is 0 Å². The van der Waals surface area contributed by atoms with Crippen LogP contribution in [0.1, 0.15) is 12.7 Å². The Hall–Kier alpha value is -1.46. The highest BCUT2D eigenvalue weighted by molar-refractivity contribution is 9.10. The first kappa shape index (κ1) is 14.0. The molecule has 0 saturated heterocycles. The second-order valence-corrected chi connectivity index (χ2v) is 4.77. The molecule has 0 fully saturated rings. The van der Waals surface area contributed by atoms with Crippen molar-refractivity contribution in [3.05, 3.63) is 40.6 Å². The highest BCUT2D eigenvalue weighted by Gasteiger charge is 2.13. The van der Waals surface area contributed by atoms with Gasteiger partial charge in [0.05, 0.1) is 10.2 Å². The molecule has 0 aliphatic heterocycles. The number of anilines is 1. The summed E-state index contributed by atoms with van der Waals surface area (Å²) in [7, 11) is 1.64. The number of nitrogens with zero attached hydrogens (tertiary/aromatic N) is 2. The predicted octanol–water partition coefficient (Wildman–Crippen LogP) is 3.48. The van der Waals surface area contributed by atoms with Crippen molar-refractivity contribution >= 4 is 21.7 Å². The largest absolute Gasteiger partial charge is 0.377 e. The first-order valence-electron chi connectivity index (χ1n) is 6.11. The Morgan fingerprint density at radius 3 is 2.58 bits per heavy atom. The highest BCUT2D eigenvalue weighted by Crippen LogP contribution is 2.31. The highest BCUT2D eigenvalue weighted by atomic mass is 79.9. The van der Waals surface area contributed by atoms with E-state index in [1.165, 1.54) is 0 Å². The van der Waals surface area contributed by atoms with Crippen LogP contribution in [0.4, 0.5) is 5.82 Å². The van der Waals surface area contributed by atoms with Gasteiger partial charge in [-0.15, -0.1) is 0 Å². The number of methoxy groups -OCH3 is 1. The van der Waals surface area contributed by atoms with E-state index >= 15 is 0 Å². The molecule has 5 heteroatoms. The number of halogens is 1. The summed E-state index contributed by atoms with van der Waals surface area (Å²) in [6, 6.07) is 10.0. The first-order valence-corrected chi connectivity index (χ1v) is 6.90. The van der Waals surface area contributed by atoms with Gasteiger partial charge < -0.3 is 10.1 Å². The lowest BCUT2D eigenvalue weighted by Crippen LogP contribution is -2.07. The zero-order chi connectivity index (χ0) is 13.7. The smallest absolute Gasteiger partial charge is 0.157 e. The van der Waals surface area contributed by atoms with Crippen LogP contribution in [0.2, 0.25) is 0 Å². The molecule has 0 aliphatic rings. The zero-order valence-corrected chi connectivity index (χ0v) is 12.6. The number of hydrogen-bond acceptors (Lipinski definition) is 4. The lowest BCUT2D eigenvalue weighted by atomic mass is 10.1. The van der Waals surface area contributed by atoms with Crippen LogP contribution in [-0.2, 0) is 11.3 Å². The third kappa shape index (κ3) is 3.30. The molecule has 0 aliphatic carbocycles. The predicted molar refractivity (Wildman–Crippen MR) is 80.0 cm³/mol. The summed E-state index contributed by atoms with van der Waals surface area (Å²) < 4.78 is 6.00. The SMILES string of the molecule is CCNc1nc(COC)nc(-c2ccccc2)c1Br. The van der Waals surface area contributed by atoms with Gasteiger partial charge in [-0.3, -0.25) is 0 Å². The van der Waals surface area contributed by atoms with Crippen LogP contribution in [-0.4, -0.2) is 23.6 Å². The maximum atomic E-state index is 5.12. The van der Waals surface area contributed by atoms with Crippen LogP contribution >= 0.6 is 15.9 Å². The van der Waals surface area contributed by atoms with Gasteiger partial charge in [0.1, 0.15) is 12.4 Å². The fourth-order valence-corrected chi connectivity index (χ4v) is 2.31. The molecule has 1 aromatic heterocycles. The van der Waals surface area contributed by atoms with Crippen LogP contribution in [0.25, 0.3) is 11.3 Å². The molecule has 0 spiro atoms. The Kier molecular flexibility index (Phi) is 4.87. The Balaban J connectivity index is 2.52. The molecular weight excluding hydrogens is 306 g/mol. The summed E-state index contributed by atoms with van der Waals surface area (Å²) >= 11 is 3.58. The standard InChI is InChI=1S/C14H16BrN3O/c1-3-16-14-12(15)13(10-7-5-4-6-8-10)17-11(18-14)9-19-2/h4-8H,3,9H2,1-2H3,(H,16,17,18). The number of benzene rings is 1. The second-order valence-electron chi connectivity index (χ2n) is 3.98. The van der Waals surface area contributed by atoms with Crippen molar-refractivity contribution < 1.29 is 4.74 Å². The molecule has 0 atom stereocenters. The van der Waals surface area contributed by atoms with E-state index in [1.54, 1.807) is 7.11 Å². The van der Waals surface area contributed by atoms with Crippen LogP contribution in [0, 0.1) is 0 Å². The molecule has 1 N–H and O–H groups in total. The third-order valence-electron chi connectivity index (χ3n) is 2.56. The molecular formula is C14H16BrN3O. The minimum absolute atomic E-state index is 0.394. The van der Waals surface area contributed by atoms with Crippen LogP contribution < -0.4 is 5.32 Å². The maximum absolute atomic E-state index is 5.12. The summed E-state index contributed by atoms with van der Waals surface area (Å²) in [5.74, 6) is 1.46. The Labute approximate surface area is 121 Å². The zero-order valence-electron chi connectivity index (χ0n) is 11.0. The van der Waals surface area contributed by atoms with E-state index in [2.05, 4.69) is 31.2 Å². The molecule has 0 saturated carbocycles. The van der Waals surface area contributed by atoms with Crippen molar-refractivity contribution in [1.82, 2.24) is 9.97 Å². The summed E-state index contributed by atoms with van der Waals surface area (Å²) in [5, 5.41) is 3.23. The minimum Gasteiger partial charge on any atom is -0.377 e. The van der Waals surface area contributed by atoms with E-state index in [0.717, 1.165) is 28.1 Å². The molecule has 2 aromatic rings. The quantitative estimate of drug-likeness (QED) is 0.915. The Morgan fingerprint density at radius 1 is 1.21 bits per heavy atom. The second kappa shape index (κ2) is 6.63. The van der Waals surface area contributed by atoms with Gasteiger partial charge in [0.25, 0.3) is 0 Å². The monoisotopic (exact) mass is 321 g/mol. The average Bonchev–Trinajstić information content (AvgIpc) is 2.44. The van der Waals surface area contributed by atoms with Gasteiger partial charge in [-0.25, -0.2) is 9.97 Å². The number of hydrogen-bond donors (Lipinski definition) is 1. The fraction of sp³-hybridized carbons (Fsp3) is 0.286. The molecule has 0 unspecified atom stereocenters. The normalized spacial score (nSPS) is 10.5. The van der Waals surface area contributed by atoms with Gasteiger partial charge in [0.2, 0.25) is 0 Å². The van der Waals surface area contributed by atoms with Gasteiger partial charge in [0, 0.05) is 19.2 Å². The molecule has 0 bridgehead atoms. The minimum atomic E-state index is 0.394. The Bertz CT molecular complexity index is 546. The van der Waals surface area contributed by atoms with Gasteiger partial charge in [-0.1, -0.05) is 30.3 Å². The molecule has 2 rings (SSSR count). The summed E-state index contributed by atoms with van der Waals surface area (Å²) in [6.45, 7) is 3.23. The van der Waals surface area contributed by atoms with Crippen molar-refractivity contribution in [2.75, 3.05) is 19.0 Å². The lowest BCUT2D eigenvalue weighted by Gasteiger charge is -2.12. The number of aromatic nitrogens is 2. The number of ether oxygens (including phenoxy) is 1. The molecule has 0 radical (unpaired) electrons. The van der Waals surface area contributed by atoms with Crippen molar-refractivity contribution in [3.63, 3.8) is 0 Å². The van der Waals surface area contributed by atoms with E-state index in [-0.39, 0.29) is 0 Å². The summed E-state index contributed by atoms with van der Waals surface area (Å²) in [4.78, 5) is 9.00. The topological polar surface area (TPSA) is 47.0 Å². The molecule has 100 valence electrons. The lowest BCUT2D eigenvalue weighted by molar-refractivity contribution is 0.178. The molecule has 4 nitrogen and oxygen atoms in total. The van der Waals surface area contributed by atoms with E-state index in [0.29, 0.717) is 12.4 Å². The van der Waals surface area contributed by atoms with Gasteiger partial charge in [-0.05, 0) is 22.9 Å². The molecule has 0 amide bonds. The average molecular weight is 322 g/mol. The van der Waals surface area contributed by atoms with Crippen molar-refractivity contribution in [2.45, 2.75) is 13.5 Å². The summed E-state index contributed by atoms with van der Waals surface area (Å²) in [5.41, 5.74) is 1.92. The van der Waals surface area contributed by atoms with Crippen molar-refractivity contribution in [3.8, 4) is 11.3 Å². The van der Waals surface area contributed by atoms with Crippen LogP contribution in [0.3, 0.4) is 0 Å². The van der Waals surface area contributed by atoms with Gasteiger partial charge >= 0.3 is 0 Å². The fourth-order valence-electron chi connectivity index (χ4n) is 1.76. The molecule has 19 heavy (non-hydrogen) atoms. The first-order chi connectivity index (χ1) is 9.26. The molecule has 1 heterocycles. The third-order valence-corrected chi connectivity index (χ3v) is 3.31. The molecule has 1 aromatic carbocycles. The van der Waals surface area contributed by atoms with Gasteiger partial charge in [-0.2, -0.15) is 0 Å². The maximum Gasteiger partial charge on any atom is 0.157 e. The Morgan fingerprint density at radius 2 is 1.95 bits per heavy atom. The van der Waals surface area contributed by atoms with Crippen LogP contribution in [0.15, 0.2) is 34.8 Å². The van der Waals surface area contributed by atoms with E-state index in [1.807, 2.05) is 37.3 Å². The van der Waals surface area contributed by atoms with E-state index in [9.17, 15) is 0 Å². The van der Waals surface area contributed by atoms with Gasteiger partial charge in [0.15, 0.2) is 5.82 Å². The number of nitrogens with one attached hydrogen (secondary N) is 1. The summed E-state index contributed by atoms with van der Waals surface area (Å²) in [6.07, 6.45) is 0. The van der Waals surface area contributed by atoms with E-state index in [4.69, 9.17) is 4.74 Å². The van der Waals surface area contributed by atoms with Crippen LogP contribution in [0.5, 0.6) is 0 Å². The van der Waals surface area contributed by atoms with Crippen molar-refractivity contribution in [1.29, 1.82) is 0 Å². The van der Waals surface area contributed by atoms with E-state index < -0.39 is 0 Å². The number of rotatable bonds is 5.